The Balaban J connectivity index is 2.12. The first-order valence-electron chi connectivity index (χ1n) is 6.78. The highest BCUT2D eigenvalue weighted by molar-refractivity contribution is 6.12. The van der Waals surface area contributed by atoms with Crippen LogP contribution in [0, 0.1) is 19.7 Å². The molecule has 0 N–H and O–H groups in total. The predicted octanol–water partition coefficient (Wildman–Crippen LogP) is 3.44. The van der Waals surface area contributed by atoms with Crippen molar-refractivity contribution in [2.24, 2.45) is 0 Å². The van der Waals surface area contributed by atoms with Crippen LogP contribution in [-0.4, -0.2) is 19.0 Å². The number of para-hydroxylation sites is 1. The monoisotopic (exact) mass is 286 g/mol. The molecule has 0 unspecified atom stereocenters. The number of ketones is 1. The van der Waals surface area contributed by atoms with Crippen molar-refractivity contribution < 1.29 is 18.7 Å². The van der Waals surface area contributed by atoms with E-state index in [1.165, 1.54) is 6.07 Å². The molecule has 0 bridgehead atoms. The SMILES string of the molecule is Cc1cc(C)c(C(=O)c2cccc3c2OCCO3)c(F)c1. The van der Waals surface area contributed by atoms with Crippen LogP contribution in [-0.2, 0) is 0 Å². The van der Waals surface area contributed by atoms with Crippen LogP contribution in [0.15, 0.2) is 30.3 Å². The van der Waals surface area contributed by atoms with Gasteiger partial charge in [0, 0.05) is 0 Å². The highest BCUT2D eigenvalue weighted by Crippen LogP contribution is 2.35. The molecule has 0 radical (unpaired) electrons. The first-order chi connectivity index (χ1) is 10.1. The summed E-state index contributed by atoms with van der Waals surface area (Å²) in [5.74, 6) is 0.0320. The Labute approximate surface area is 122 Å². The Morgan fingerprint density at radius 1 is 1.14 bits per heavy atom. The number of aryl methyl sites for hydroxylation is 2. The predicted molar refractivity (Wildman–Crippen MR) is 76.7 cm³/mol. The van der Waals surface area contributed by atoms with E-state index >= 15 is 0 Å². The summed E-state index contributed by atoms with van der Waals surface area (Å²) in [5, 5.41) is 0. The van der Waals surface area contributed by atoms with Gasteiger partial charge in [-0.1, -0.05) is 12.1 Å². The summed E-state index contributed by atoms with van der Waals surface area (Å²) in [6.07, 6.45) is 0. The largest absolute Gasteiger partial charge is 0.486 e. The molecule has 3 nitrogen and oxygen atoms in total. The highest BCUT2D eigenvalue weighted by atomic mass is 19.1. The highest BCUT2D eigenvalue weighted by Gasteiger charge is 2.24. The van der Waals surface area contributed by atoms with Crippen molar-refractivity contribution in [1.29, 1.82) is 0 Å². The minimum atomic E-state index is -0.508. The number of hydrogen-bond donors (Lipinski definition) is 0. The average molecular weight is 286 g/mol. The number of fused-ring (bicyclic) bond motifs is 1. The lowest BCUT2D eigenvalue weighted by molar-refractivity contribution is 0.102. The second-order valence-electron chi connectivity index (χ2n) is 5.10. The molecule has 4 heteroatoms. The van der Waals surface area contributed by atoms with Crippen LogP contribution < -0.4 is 9.47 Å². The zero-order valence-corrected chi connectivity index (χ0v) is 11.9. The number of carbonyl (C=O) groups excluding carboxylic acids is 1. The van der Waals surface area contributed by atoms with Gasteiger partial charge in [0.05, 0.1) is 11.1 Å². The Morgan fingerprint density at radius 2 is 1.90 bits per heavy atom. The van der Waals surface area contributed by atoms with Crippen LogP contribution in [0.2, 0.25) is 0 Å². The molecule has 2 aromatic rings. The summed E-state index contributed by atoms with van der Waals surface area (Å²) in [6.45, 7) is 4.36. The molecule has 0 atom stereocenters. The third kappa shape index (κ3) is 2.37. The first-order valence-corrected chi connectivity index (χ1v) is 6.78. The number of halogens is 1. The molecule has 0 aliphatic carbocycles. The molecule has 3 rings (SSSR count). The van der Waals surface area contributed by atoms with E-state index in [9.17, 15) is 9.18 Å². The van der Waals surface area contributed by atoms with E-state index < -0.39 is 5.82 Å². The van der Waals surface area contributed by atoms with Gasteiger partial charge >= 0.3 is 0 Å². The molecule has 0 spiro atoms. The van der Waals surface area contributed by atoms with Gasteiger partial charge in [-0.2, -0.15) is 0 Å². The summed E-state index contributed by atoms with van der Waals surface area (Å²) in [4.78, 5) is 12.7. The average Bonchev–Trinajstić information content (AvgIpc) is 2.45. The maximum absolute atomic E-state index is 14.2. The third-order valence-corrected chi connectivity index (χ3v) is 3.47. The molecule has 0 saturated carbocycles. The van der Waals surface area contributed by atoms with Gasteiger partial charge in [0.25, 0.3) is 0 Å². The van der Waals surface area contributed by atoms with Gasteiger partial charge in [-0.25, -0.2) is 4.39 Å². The molecular weight excluding hydrogens is 271 g/mol. The smallest absolute Gasteiger partial charge is 0.200 e. The van der Waals surface area contributed by atoms with Gasteiger partial charge in [0.15, 0.2) is 17.3 Å². The van der Waals surface area contributed by atoms with Crippen LogP contribution in [0.5, 0.6) is 11.5 Å². The zero-order chi connectivity index (χ0) is 15.0. The second-order valence-corrected chi connectivity index (χ2v) is 5.10. The van der Waals surface area contributed by atoms with Gasteiger partial charge in [-0.05, 0) is 43.2 Å². The van der Waals surface area contributed by atoms with Gasteiger partial charge in [-0.15, -0.1) is 0 Å². The second kappa shape index (κ2) is 5.20. The minimum absolute atomic E-state index is 0.0863. The number of carbonyl (C=O) groups is 1. The molecule has 1 heterocycles. The maximum atomic E-state index is 14.2. The van der Waals surface area contributed by atoms with E-state index in [0.29, 0.717) is 35.8 Å². The van der Waals surface area contributed by atoms with E-state index in [1.54, 1.807) is 38.1 Å². The van der Waals surface area contributed by atoms with E-state index in [1.807, 2.05) is 0 Å². The number of ether oxygens (including phenoxy) is 2. The van der Waals surface area contributed by atoms with Crippen molar-refractivity contribution in [3.63, 3.8) is 0 Å². The van der Waals surface area contributed by atoms with Crippen molar-refractivity contribution in [3.05, 3.63) is 58.4 Å². The third-order valence-electron chi connectivity index (χ3n) is 3.47. The van der Waals surface area contributed by atoms with Gasteiger partial charge in [0.2, 0.25) is 0 Å². The fourth-order valence-corrected chi connectivity index (χ4v) is 2.59. The van der Waals surface area contributed by atoms with Crippen LogP contribution in [0.1, 0.15) is 27.0 Å². The van der Waals surface area contributed by atoms with Gasteiger partial charge in [0.1, 0.15) is 19.0 Å². The molecule has 0 saturated heterocycles. The molecule has 108 valence electrons. The Kier molecular flexibility index (Phi) is 3.37. The Hall–Kier alpha value is -2.36. The van der Waals surface area contributed by atoms with E-state index in [4.69, 9.17) is 9.47 Å². The Bertz CT molecular complexity index is 699. The van der Waals surface area contributed by atoms with Crippen molar-refractivity contribution in [3.8, 4) is 11.5 Å². The molecule has 21 heavy (non-hydrogen) atoms. The Morgan fingerprint density at radius 3 is 2.67 bits per heavy atom. The van der Waals surface area contributed by atoms with Crippen molar-refractivity contribution in [2.75, 3.05) is 13.2 Å². The molecular formula is C17H15FO3. The fraction of sp³-hybridized carbons (Fsp3) is 0.235. The van der Waals surface area contributed by atoms with Crippen molar-refractivity contribution in [1.82, 2.24) is 0 Å². The van der Waals surface area contributed by atoms with Gasteiger partial charge in [-0.3, -0.25) is 4.79 Å². The van der Waals surface area contributed by atoms with Crippen molar-refractivity contribution in [2.45, 2.75) is 13.8 Å². The topological polar surface area (TPSA) is 35.5 Å². The summed E-state index contributed by atoms with van der Waals surface area (Å²) < 4.78 is 25.2. The minimum Gasteiger partial charge on any atom is -0.486 e. The first kappa shape index (κ1) is 13.6. The molecule has 0 amide bonds. The van der Waals surface area contributed by atoms with Crippen LogP contribution >= 0.6 is 0 Å². The molecule has 0 aromatic heterocycles. The van der Waals surface area contributed by atoms with E-state index in [-0.39, 0.29) is 11.3 Å². The van der Waals surface area contributed by atoms with E-state index in [2.05, 4.69) is 0 Å². The lowest BCUT2D eigenvalue weighted by Crippen LogP contribution is -2.18. The summed E-state index contributed by atoms with van der Waals surface area (Å²) >= 11 is 0. The van der Waals surface area contributed by atoms with Crippen molar-refractivity contribution >= 4 is 5.78 Å². The lowest BCUT2D eigenvalue weighted by atomic mass is 9.96. The molecule has 1 aliphatic heterocycles. The summed E-state index contributed by atoms with van der Waals surface area (Å²) in [5.41, 5.74) is 1.82. The molecule has 0 fully saturated rings. The number of rotatable bonds is 2. The summed E-state index contributed by atoms with van der Waals surface area (Å²) in [6, 6.07) is 8.25. The zero-order valence-electron chi connectivity index (χ0n) is 11.9. The summed E-state index contributed by atoms with van der Waals surface area (Å²) in [7, 11) is 0. The number of hydrogen-bond acceptors (Lipinski definition) is 3. The van der Waals surface area contributed by atoms with Crippen LogP contribution in [0.4, 0.5) is 4.39 Å². The maximum Gasteiger partial charge on any atom is 0.200 e. The molecule has 1 aliphatic rings. The standard InChI is InChI=1S/C17H15FO3/c1-10-8-11(2)15(13(18)9-10)16(19)12-4-3-5-14-17(12)21-7-6-20-14/h3-5,8-9H,6-7H2,1-2H3. The fourth-order valence-electron chi connectivity index (χ4n) is 2.59. The van der Waals surface area contributed by atoms with E-state index in [0.717, 1.165) is 5.56 Å². The van der Waals surface area contributed by atoms with Crippen LogP contribution in [0.3, 0.4) is 0 Å². The van der Waals surface area contributed by atoms with Crippen LogP contribution in [0.25, 0.3) is 0 Å². The molecule has 2 aromatic carbocycles. The normalized spacial score (nSPS) is 13.1. The lowest BCUT2D eigenvalue weighted by Gasteiger charge is -2.20. The van der Waals surface area contributed by atoms with Gasteiger partial charge < -0.3 is 9.47 Å². The quantitative estimate of drug-likeness (QED) is 0.793. The number of benzene rings is 2.